The molecule has 1 unspecified atom stereocenters. The third-order valence-corrected chi connectivity index (χ3v) is 5.27. The lowest BCUT2D eigenvalue weighted by atomic mass is 9.94. The van der Waals surface area contributed by atoms with E-state index in [1.54, 1.807) is 0 Å². The Bertz CT molecular complexity index is 399. The van der Waals surface area contributed by atoms with Gasteiger partial charge in [-0.1, -0.05) is 6.42 Å². The fourth-order valence-electron chi connectivity index (χ4n) is 4.19. The topological polar surface area (TPSA) is 60.9 Å². The Labute approximate surface area is 119 Å². The predicted molar refractivity (Wildman–Crippen MR) is 74.3 cm³/mol. The summed E-state index contributed by atoms with van der Waals surface area (Å²) in [6.45, 7) is 3.85. The van der Waals surface area contributed by atoms with Crippen LogP contribution in [0.4, 0.5) is 0 Å². The average molecular weight is 280 g/mol. The number of rotatable bonds is 2. The molecule has 0 aromatic rings. The molecule has 20 heavy (non-hydrogen) atoms. The minimum atomic E-state index is -0.793. The SMILES string of the molecule is O=C(O)[C@H]1CCC[C@H]1C(=O)N1CCCN2CCCC2C1. The summed E-state index contributed by atoms with van der Waals surface area (Å²) in [5.74, 6) is -1.42. The standard InChI is InChI=1S/C15H24N2O3/c18-14(12-5-1-6-13(12)15(19)20)17-9-3-8-16-7-2-4-11(16)10-17/h11-13H,1-10H2,(H,19,20)/t11?,12-,13+/m1/s1. The number of nitrogens with zero attached hydrogens (tertiary/aromatic N) is 2. The first-order chi connectivity index (χ1) is 9.66. The van der Waals surface area contributed by atoms with Gasteiger partial charge in [0.2, 0.25) is 5.91 Å². The summed E-state index contributed by atoms with van der Waals surface area (Å²) in [6, 6.07) is 0.506. The molecular weight excluding hydrogens is 256 g/mol. The molecular formula is C15H24N2O3. The fraction of sp³-hybridized carbons (Fsp3) is 0.867. The van der Waals surface area contributed by atoms with Crippen LogP contribution in [0.5, 0.6) is 0 Å². The normalized spacial score (nSPS) is 34.8. The Balaban J connectivity index is 1.68. The summed E-state index contributed by atoms with van der Waals surface area (Å²) < 4.78 is 0. The minimum absolute atomic E-state index is 0.101. The number of hydrogen-bond donors (Lipinski definition) is 1. The molecule has 0 aromatic heterocycles. The molecule has 3 atom stereocenters. The van der Waals surface area contributed by atoms with Gasteiger partial charge in [-0.2, -0.15) is 0 Å². The summed E-state index contributed by atoms with van der Waals surface area (Å²) >= 11 is 0. The van der Waals surface area contributed by atoms with Gasteiger partial charge >= 0.3 is 5.97 Å². The molecule has 3 rings (SSSR count). The van der Waals surface area contributed by atoms with Crippen molar-refractivity contribution >= 4 is 11.9 Å². The van der Waals surface area contributed by atoms with Crippen LogP contribution in [0.3, 0.4) is 0 Å². The lowest BCUT2D eigenvalue weighted by Gasteiger charge is -2.29. The monoisotopic (exact) mass is 280 g/mol. The highest BCUT2D eigenvalue weighted by molar-refractivity contribution is 5.85. The largest absolute Gasteiger partial charge is 0.481 e. The molecule has 2 heterocycles. The van der Waals surface area contributed by atoms with E-state index in [9.17, 15) is 14.7 Å². The Hall–Kier alpha value is -1.10. The van der Waals surface area contributed by atoms with Gasteiger partial charge in [0.1, 0.15) is 0 Å². The number of carboxylic acids is 1. The van der Waals surface area contributed by atoms with Crippen LogP contribution >= 0.6 is 0 Å². The molecule has 1 aliphatic carbocycles. The van der Waals surface area contributed by atoms with Crippen LogP contribution in [0, 0.1) is 11.8 Å². The molecule has 0 radical (unpaired) electrons. The summed E-state index contributed by atoms with van der Waals surface area (Å²) in [4.78, 5) is 28.4. The summed E-state index contributed by atoms with van der Waals surface area (Å²) in [5, 5.41) is 9.26. The van der Waals surface area contributed by atoms with Gasteiger partial charge in [0.15, 0.2) is 0 Å². The van der Waals surface area contributed by atoms with Crippen molar-refractivity contribution < 1.29 is 14.7 Å². The number of carbonyl (C=O) groups is 2. The number of amides is 1. The van der Waals surface area contributed by atoms with Gasteiger partial charge in [-0.3, -0.25) is 14.5 Å². The van der Waals surface area contributed by atoms with Crippen LogP contribution in [-0.2, 0) is 9.59 Å². The van der Waals surface area contributed by atoms with Crippen LogP contribution in [0.25, 0.3) is 0 Å². The third-order valence-electron chi connectivity index (χ3n) is 5.27. The maximum Gasteiger partial charge on any atom is 0.307 e. The molecule has 1 saturated carbocycles. The Kier molecular flexibility index (Phi) is 3.96. The van der Waals surface area contributed by atoms with E-state index < -0.39 is 11.9 Å². The van der Waals surface area contributed by atoms with Crippen LogP contribution in [0.2, 0.25) is 0 Å². The molecule has 3 fully saturated rings. The van der Waals surface area contributed by atoms with Crippen molar-refractivity contribution in [1.82, 2.24) is 9.80 Å². The summed E-state index contributed by atoms with van der Waals surface area (Å²) in [5.41, 5.74) is 0. The molecule has 2 aliphatic heterocycles. The van der Waals surface area contributed by atoms with Crippen molar-refractivity contribution in [2.24, 2.45) is 11.8 Å². The molecule has 0 aromatic carbocycles. The van der Waals surface area contributed by atoms with Crippen LogP contribution < -0.4 is 0 Å². The van der Waals surface area contributed by atoms with Gasteiger partial charge in [0.25, 0.3) is 0 Å². The molecule has 2 saturated heterocycles. The first-order valence-corrected chi connectivity index (χ1v) is 7.92. The average Bonchev–Trinajstić information content (AvgIpc) is 3.03. The fourth-order valence-corrected chi connectivity index (χ4v) is 4.19. The summed E-state index contributed by atoms with van der Waals surface area (Å²) in [6.07, 6.45) is 5.71. The van der Waals surface area contributed by atoms with Crippen molar-refractivity contribution in [3.05, 3.63) is 0 Å². The van der Waals surface area contributed by atoms with Gasteiger partial charge < -0.3 is 10.0 Å². The second-order valence-corrected chi connectivity index (χ2v) is 6.45. The molecule has 0 spiro atoms. The number of hydrogen-bond acceptors (Lipinski definition) is 3. The molecule has 0 bridgehead atoms. The highest BCUT2D eigenvalue weighted by atomic mass is 16.4. The predicted octanol–water partition coefficient (Wildman–Crippen LogP) is 1.18. The molecule has 5 heteroatoms. The quantitative estimate of drug-likeness (QED) is 0.825. The van der Waals surface area contributed by atoms with E-state index in [4.69, 9.17) is 0 Å². The van der Waals surface area contributed by atoms with Crippen molar-refractivity contribution in [1.29, 1.82) is 0 Å². The lowest BCUT2D eigenvalue weighted by Crippen LogP contribution is -2.43. The van der Waals surface area contributed by atoms with E-state index in [-0.39, 0.29) is 11.8 Å². The van der Waals surface area contributed by atoms with E-state index in [1.165, 1.54) is 12.8 Å². The summed E-state index contributed by atoms with van der Waals surface area (Å²) in [7, 11) is 0. The zero-order chi connectivity index (χ0) is 14.1. The lowest BCUT2D eigenvalue weighted by molar-refractivity contribution is -0.149. The first-order valence-electron chi connectivity index (χ1n) is 7.92. The second-order valence-electron chi connectivity index (χ2n) is 6.45. The van der Waals surface area contributed by atoms with Crippen LogP contribution in [0.1, 0.15) is 38.5 Å². The molecule has 3 aliphatic rings. The van der Waals surface area contributed by atoms with Crippen LogP contribution in [0.15, 0.2) is 0 Å². The van der Waals surface area contributed by atoms with Gasteiger partial charge in [-0.25, -0.2) is 0 Å². The van der Waals surface area contributed by atoms with Crippen molar-refractivity contribution in [2.75, 3.05) is 26.2 Å². The van der Waals surface area contributed by atoms with Gasteiger partial charge in [0, 0.05) is 25.7 Å². The van der Waals surface area contributed by atoms with Gasteiger partial charge in [-0.15, -0.1) is 0 Å². The highest BCUT2D eigenvalue weighted by Crippen LogP contribution is 2.34. The van der Waals surface area contributed by atoms with Crippen molar-refractivity contribution in [2.45, 2.75) is 44.6 Å². The maximum atomic E-state index is 12.7. The Morgan fingerprint density at radius 3 is 2.45 bits per heavy atom. The maximum absolute atomic E-state index is 12.7. The molecule has 1 amide bonds. The number of aliphatic carboxylic acids is 1. The van der Waals surface area contributed by atoms with Gasteiger partial charge in [0.05, 0.1) is 11.8 Å². The van der Waals surface area contributed by atoms with E-state index in [2.05, 4.69) is 4.90 Å². The zero-order valence-electron chi connectivity index (χ0n) is 12.0. The van der Waals surface area contributed by atoms with Crippen LogP contribution in [-0.4, -0.2) is 59.0 Å². The second kappa shape index (κ2) is 5.72. The minimum Gasteiger partial charge on any atom is -0.481 e. The highest BCUT2D eigenvalue weighted by Gasteiger charge is 2.41. The Morgan fingerprint density at radius 1 is 0.900 bits per heavy atom. The Morgan fingerprint density at radius 2 is 1.65 bits per heavy atom. The first kappa shape index (κ1) is 13.9. The number of fused-ring (bicyclic) bond motifs is 1. The molecule has 5 nitrogen and oxygen atoms in total. The van der Waals surface area contributed by atoms with Crippen molar-refractivity contribution in [3.63, 3.8) is 0 Å². The molecule has 112 valence electrons. The molecule has 1 N–H and O–H groups in total. The zero-order valence-corrected chi connectivity index (χ0v) is 12.0. The number of carboxylic acid groups (broad SMARTS) is 1. The van der Waals surface area contributed by atoms with Gasteiger partial charge in [-0.05, 0) is 38.6 Å². The van der Waals surface area contributed by atoms with Crippen molar-refractivity contribution in [3.8, 4) is 0 Å². The van der Waals surface area contributed by atoms with E-state index in [0.29, 0.717) is 12.5 Å². The smallest absolute Gasteiger partial charge is 0.307 e. The van der Waals surface area contributed by atoms with E-state index in [0.717, 1.165) is 45.4 Å². The van der Waals surface area contributed by atoms with E-state index >= 15 is 0 Å². The van der Waals surface area contributed by atoms with E-state index in [1.807, 2.05) is 4.90 Å². The third kappa shape index (κ3) is 2.55. The number of carbonyl (C=O) groups excluding carboxylic acids is 1.